The number of carbonyl (C=O) groups excluding carboxylic acids is 1. The van der Waals surface area contributed by atoms with Gasteiger partial charge in [0, 0.05) is 10.7 Å². The second-order valence-corrected chi connectivity index (χ2v) is 7.09. The third-order valence-corrected chi connectivity index (χ3v) is 4.88. The lowest BCUT2D eigenvalue weighted by Crippen LogP contribution is -2.19. The van der Waals surface area contributed by atoms with Gasteiger partial charge in [0.15, 0.2) is 0 Å². The summed E-state index contributed by atoms with van der Waals surface area (Å²) in [6.45, 7) is 4.03. The van der Waals surface area contributed by atoms with Crippen LogP contribution in [0.25, 0.3) is 12.2 Å². The quantitative estimate of drug-likeness (QED) is 0.613. The minimum Gasteiger partial charge on any atom is -0.308 e. The molecule has 0 unspecified atom stereocenters. The summed E-state index contributed by atoms with van der Waals surface area (Å²) in [5.74, 6) is 0. The lowest BCUT2D eigenvalue weighted by Gasteiger charge is -2.07. The Labute approximate surface area is 160 Å². The summed E-state index contributed by atoms with van der Waals surface area (Å²) in [4.78, 5) is 12.1. The molecule has 2 aromatic carbocycles. The van der Waals surface area contributed by atoms with Gasteiger partial charge in [-0.2, -0.15) is 0 Å². The molecular weight excluding hydrogens is 368 g/mol. The SMILES string of the molecule is Cc1ccc(NC(=O)Nc2nnc(/C=C/c3ccccc3Cl)s2)cc1C. The number of hydrogen-bond acceptors (Lipinski definition) is 4. The molecule has 2 N–H and O–H groups in total. The molecule has 3 rings (SSSR count). The zero-order valence-electron chi connectivity index (χ0n) is 14.3. The Morgan fingerprint density at radius 3 is 2.62 bits per heavy atom. The van der Waals surface area contributed by atoms with Crippen molar-refractivity contribution in [2.24, 2.45) is 0 Å². The van der Waals surface area contributed by atoms with Crippen LogP contribution >= 0.6 is 22.9 Å². The van der Waals surface area contributed by atoms with E-state index >= 15 is 0 Å². The molecule has 5 nitrogen and oxygen atoms in total. The molecule has 0 aliphatic heterocycles. The summed E-state index contributed by atoms with van der Waals surface area (Å²) < 4.78 is 0. The van der Waals surface area contributed by atoms with E-state index < -0.39 is 0 Å². The van der Waals surface area contributed by atoms with Crippen LogP contribution < -0.4 is 10.6 Å². The Balaban J connectivity index is 1.62. The van der Waals surface area contributed by atoms with Crippen molar-refractivity contribution < 1.29 is 4.79 Å². The van der Waals surface area contributed by atoms with Crippen molar-refractivity contribution in [1.29, 1.82) is 0 Å². The van der Waals surface area contributed by atoms with Gasteiger partial charge in [0.2, 0.25) is 5.13 Å². The standard InChI is InChI=1S/C19H17ClN4OS/c1-12-7-9-15(11-13(12)2)21-18(25)22-19-24-23-17(26-19)10-8-14-5-3-4-6-16(14)20/h3-11H,1-2H3,(H2,21,22,24,25)/b10-8+. The van der Waals surface area contributed by atoms with Crippen molar-refractivity contribution in [2.45, 2.75) is 13.8 Å². The molecule has 0 bridgehead atoms. The molecule has 0 fully saturated rings. The summed E-state index contributed by atoms with van der Waals surface area (Å²) in [5, 5.41) is 15.3. The average molecular weight is 385 g/mol. The van der Waals surface area contributed by atoms with E-state index in [9.17, 15) is 4.79 Å². The van der Waals surface area contributed by atoms with Crippen LogP contribution in [0.15, 0.2) is 42.5 Å². The lowest BCUT2D eigenvalue weighted by molar-refractivity contribution is 0.262. The minimum atomic E-state index is -0.356. The van der Waals surface area contributed by atoms with E-state index in [0.717, 1.165) is 16.8 Å². The van der Waals surface area contributed by atoms with E-state index in [1.54, 1.807) is 0 Å². The van der Waals surface area contributed by atoms with Gasteiger partial charge < -0.3 is 5.32 Å². The zero-order valence-corrected chi connectivity index (χ0v) is 15.9. The maximum absolute atomic E-state index is 12.1. The minimum absolute atomic E-state index is 0.356. The van der Waals surface area contributed by atoms with Crippen LogP contribution in [-0.4, -0.2) is 16.2 Å². The largest absolute Gasteiger partial charge is 0.325 e. The van der Waals surface area contributed by atoms with Crippen LogP contribution in [0.1, 0.15) is 21.7 Å². The number of anilines is 2. The fraction of sp³-hybridized carbons (Fsp3) is 0.105. The summed E-state index contributed by atoms with van der Waals surface area (Å²) in [6.07, 6.45) is 3.67. The Morgan fingerprint density at radius 2 is 1.85 bits per heavy atom. The average Bonchev–Trinajstić information content (AvgIpc) is 3.05. The number of hydrogen-bond donors (Lipinski definition) is 2. The van der Waals surface area contributed by atoms with Crippen LogP contribution in [0, 0.1) is 13.8 Å². The second kappa shape index (κ2) is 8.12. The first-order valence-corrected chi connectivity index (χ1v) is 9.12. The monoisotopic (exact) mass is 384 g/mol. The maximum atomic E-state index is 12.1. The number of rotatable bonds is 4. The third kappa shape index (κ3) is 4.68. The van der Waals surface area contributed by atoms with Gasteiger partial charge in [0.05, 0.1) is 0 Å². The Bertz CT molecular complexity index is 968. The molecular formula is C19H17ClN4OS. The molecule has 0 atom stereocenters. The van der Waals surface area contributed by atoms with Gasteiger partial charge in [-0.3, -0.25) is 5.32 Å². The van der Waals surface area contributed by atoms with E-state index in [4.69, 9.17) is 11.6 Å². The Hall–Kier alpha value is -2.70. The van der Waals surface area contributed by atoms with Crippen LogP contribution in [0.4, 0.5) is 15.6 Å². The van der Waals surface area contributed by atoms with Crippen LogP contribution in [0.3, 0.4) is 0 Å². The molecule has 2 amide bonds. The molecule has 0 saturated heterocycles. The van der Waals surface area contributed by atoms with Crippen molar-refractivity contribution in [1.82, 2.24) is 10.2 Å². The number of nitrogens with zero attached hydrogens (tertiary/aromatic N) is 2. The summed E-state index contributed by atoms with van der Waals surface area (Å²) in [5.41, 5.74) is 3.92. The van der Waals surface area contributed by atoms with Gasteiger partial charge in [-0.1, -0.05) is 53.3 Å². The van der Waals surface area contributed by atoms with E-state index in [1.165, 1.54) is 16.9 Å². The first-order chi connectivity index (χ1) is 12.5. The predicted octanol–water partition coefficient (Wildman–Crippen LogP) is 5.62. The van der Waals surface area contributed by atoms with Crippen LogP contribution in [-0.2, 0) is 0 Å². The highest BCUT2D eigenvalue weighted by Crippen LogP contribution is 2.21. The number of aromatic nitrogens is 2. The van der Waals surface area contributed by atoms with Gasteiger partial charge in [0.1, 0.15) is 5.01 Å². The fourth-order valence-corrected chi connectivity index (χ4v) is 3.04. The van der Waals surface area contributed by atoms with E-state index in [1.807, 2.05) is 68.5 Å². The zero-order chi connectivity index (χ0) is 18.5. The molecule has 3 aromatic rings. The number of amides is 2. The van der Waals surface area contributed by atoms with Gasteiger partial charge in [-0.25, -0.2) is 4.79 Å². The van der Waals surface area contributed by atoms with Crippen molar-refractivity contribution >= 4 is 51.9 Å². The highest BCUT2D eigenvalue weighted by molar-refractivity contribution is 7.16. The van der Waals surface area contributed by atoms with Crippen molar-refractivity contribution in [3.8, 4) is 0 Å². The van der Waals surface area contributed by atoms with Crippen LogP contribution in [0.2, 0.25) is 5.02 Å². The van der Waals surface area contributed by atoms with Gasteiger partial charge in [-0.05, 0) is 54.8 Å². The van der Waals surface area contributed by atoms with Gasteiger partial charge in [-0.15, -0.1) is 10.2 Å². The lowest BCUT2D eigenvalue weighted by atomic mass is 10.1. The molecule has 7 heteroatoms. The van der Waals surface area contributed by atoms with E-state index in [0.29, 0.717) is 15.2 Å². The predicted molar refractivity (Wildman–Crippen MR) is 109 cm³/mol. The molecule has 1 heterocycles. The van der Waals surface area contributed by atoms with Crippen molar-refractivity contribution in [2.75, 3.05) is 10.6 Å². The van der Waals surface area contributed by atoms with E-state index in [-0.39, 0.29) is 6.03 Å². The number of aryl methyl sites for hydroxylation is 2. The third-order valence-electron chi connectivity index (χ3n) is 3.74. The normalized spacial score (nSPS) is 10.9. The number of halogens is 1. The summed E-state index contributed by atoms with van der Waals surface area (Å²) in [6, 6.07) is 12.9. The molecule has 0 spiro atoms. The molecule has 0 aliphatic carbocycles. The number of carbonyl (C=O) groups is 1. The molecule has 0 saturated carbocycles. The Morgan fingerprint density at radius 1 is 1.04 bits per heavy atom. The fourth-order valence-electron chi connectivity index (χ4n) is 2.20. The molecule has 132 valence electrons. The topological polar surface area (TPSA) is 66.9 Å². The van der Waals surface area contributed by atoms with Gasteiger partial charge >= 0.3 is 6.03 Å². The maximum Gasteiger partial charge on any atom is 0.325 e. The van der Waals surface area contributed by atoms with Crippen molar-refractivity contribution in [3.05, 3.63) is 69.2 Å². The number of nitrogens with one attached hydrogen (secondary N) is 2. The first-order valence-electron chi connectivity index (χ1n) is 7.92. The molecule has 26 heavy (non-hydrogen) atoms. The van der Waals surface area contributed by atoms with Crippen molar-refractivity contribution in [3.63, 3.8) is 0 Å². The molecule has 0 aliphatic rings. The summed E-state index contributed by atoms with van der Waals surface area (Å²) >= 11 is 7.39. The van der Waals surface area contributed by atoms with Gasteiger partial charge in [0.25, 0.3) is 0 Å². The number of urea groups is 1. The summed E-state index contributed by atoms with van der Waals surface area (Å²) in [7, 11) is 0. The smallest absolute Gasteiger partial charge is 0.308 e. The highest BCUT2D eigenvalue weighted by Gasteiger charge is 2.08. The first kappa shape index (κ1) is 18.1. The number of benzene rings is 2. The molecule has 0 radical (unpaired) electrons. The van der Waals surface area contributed by atoms with Crippen LogP contribution in [0.5, 0.6) is 0 Å². The Kier molecular flexibility index (Phi) is 5.65. The second-order valence-electron chi connectivity index (χ2n) is 5.68. The highest BCUT2D eigenvalue weighted by atomic mass is 35.5. The van der Waals surface area contributed by atoms with E-state index in [2.05, 4.69) is 20.8 Å². The molecule has 1 aromatic heterocycles.